The van der Waals surface area contributed by atoms with Gasteiger partial charge in [0, 0.05) is 25.7 Å². The SMILES string of the molecule is CCC(CC(=O)O)N(CCN(C)C)CC(C)C. The Hall–Kier alpha value is -0.610. The molecule has 0 aromatic carbocycles. The third kappa shape index (κ3) is 8.16. The minimum atomic E-state index is -0.699. The van der Waals surface area contributed by atoms with Crippen molar-refractivity contribution in [2.45, 2.75) is 39.7 Å². The van der Waals surface area contributed by atoms with E-state index in [-0.39, 0.29) is 12.5 Å². The highest BCUT2D eigenvalue weighted by atomic mass is 16.4. The number of likely N-dealkylation sites (N-methyl/N-ethyl adjacent to an activating group) is 1. The Morgan fingerprint density at radius 1 is 1.24 bits per heavy atom. The van der Waals surface area contributed by atoms with Crippen LogP contribution >= 0.6 is 0 Å². The topological polar surface area (TPSA) is 43.8 Å². The number of aliphatic carboxylic acids is 1. The van der Waals surface area contributed by atoms with Gasteiger partial charge in [-0.1, -0.05) is 20.8 Å². The summed E-state index contributed by atoms with van der Waals surface area (Å²) in [5.41, 5.74) is 0. The first kappa shape index (κ1) is 16.4. The molecule has 0 spiro atoms. The molecule has 0 radical (unpaired) electrons. The van der Waals surface area contributed by atoms with Crippen LogP contribution < -0.4 is 0 Å². The fourth-order valence-electron chi connectivity index (χ4n) is 1.95. The highest BCUT2D eigenvalue weighted by molar-refractivity contribution is 5.67. The van der Waals surface area contributed by atoms with Crippen molar-refractivity contribution in [1.82, 2.24) is 9.80 Å². The molecule has 4 nitrogen and oxygen atoms in total. The summed E-state index contributed by atoms with van der Waals surface area (Å²) >= 11 is 0. The molecular formula is C13H28N2O2. The largest absolute Gasteiger partial charge is 0.481 e. The Morgan fingerprint density at radius 3 is 2.18 bits per heavy atom. The van der Waals surface area contributed by atoms with Crippen LogP contribution in [0.5, 0.6) is 0 Å². The summed E-state index contributed by atoms with van der Waals surface area (Å²) in [5, 5.41) is 8.94. The summed E-state index contributed by atoms with van der Waals surface area (Å²) in [5.74, 6) is -0.129. The quantitative estimate of drug-likeness (QED) is 0.671. The van der Waals surface area contributed by atoms with Crippen LogP contribution in [-0.4, -0.2) is 60.6 Å². The number of carboxylic acids is 1. The van der Waals surface area contributed by atoms with E-state index in [1.165, 1.54) is 0 Å². The maximum absolute atomic E-state index is 10.9. The third-order valence-electron chi connectivity index (χ3n) is 2.83. The number of carbonyl (C=O) groups is 1. The van der Waals surface area contributed by atoms with Gasteiger partial charge in [-0.05, 0) is 26.4 Å². The van der Waals surface area contributed by atoms with Crippen LogP contribution in [0.1, 0.15) is 33.6 Å². The van der Waals surface area contributed by atoms with Gasteiger partial charge in [-0.15, -0.1) is 0 Å². The van der Waals surface area contributed by atoms with E-state index in [1.807, 2.05) is 14.1 Å². The van der Waals surface area contributed by atoms with Crippen LogP contribution in [0.2, 0.25) is 0 Å². The fraction of sp³-hybridized carbons (Fsp3) is 0.923. The fourth-order valence-corrected chi connectivity index (χ4v) is 1.95. The van der Waals surface area contributed by atoms with Gasteiger partial charge in [0.1, 0.15) is 0 Å². The second kappa shape index (κ2) is 8.48. The molecule has 0 saturated heterocycles. The Labute approximate surface area is 106 Å². The molecule has 0 aromatic rings. The van der Waals surface area contributed by atoms with Crippen LogP contribution in [0.25, 0.3) is 0 Å². The molecule has 1 atom stereocenters. The maximum Gasteiger partial charge on any atom is 0.304 e. The van der Waals surface area contributed by atoms with E-state index in [0.29, 0.717) is 5.92 Å². The lowest BCUT2D eigenvalue weighted by atomic mass is 10.1. The summed E-state index contributed by atoms with van der Waals surface area (Å²) in [6.45, 7) is 9.31. The molecule has 0 bridgehead atoms. The van der Waals surface area contributed by atoms with Gasteiger partial charge < -0.3 is 10.0 Å². The molecule has 0 saturated carbocycles. The minimum absolute atomic E-state index is 0.162. The third-order valence-corrected chi connectivity index (χ3v) is 2.83. The summed E-state index contributed by atoms with van der Waals surface area (Å²) in [4.78, 5) is 15.3. The first-order valence-corrected chi connectivity index (χ1v) is 6.47. The predicted molar refractivity (Wildman–Crippen MR) is 71.3 cm³/mol. The van der Waals surface area contributed by atoms with Crippen molar-refractivity contribution >= 4 is 5.97 Å². The molecular weight excluding hydrogens is 216 g/mol. The van der Waals surface area contributed by atoms with Gasteiger partial charge in [0.15, 0.2) is 0 Å². The zero-order valence-electron chi connectivity index (χ0n) is 11.9. The molecule has 1 unspecified atom stereocenters. The van der Waals surface area contributed by atoms with Crippen LogP contribution in [-0.2, 0) is 4.79 Å². The molecule has 0 heterocycles. The molecule has 17 heavy (non-hydrogen) atoms. The van der Waals surface area contributed by atoms with Crippen LogP contribution in [0, 0.1) is 5.92 Å². The van der Waals surface area contributed by atoms with Crippen molar-refractivity contribution in [2.24, 2.45) is 5.92 Å². The summed E-state index contributed by atoms with van der Waals surface area (Å²) in [7, 11) is 4.09. The minimum Gasteiger partial charge on any atom is -0.481 e. The average Bonchev–Trinajstić information content (AvgIpc) is 2.20. The molecule has 1 N–H and O–H groups in total. The average molecular weight is 244 g/mol. The Kier molecular flexibility index (Phi) is 8.17. The van der Waals surface area contributed by atoms with Crippen LogP contribution in [0.4, 0.5) is 0 Å². The summed E-state index contributed by atoms with van der Waals surface area (Å²) in [6, 6.07) is 0.162. The van der Waals surface area contributed by atoms with E-state index >= 15 is 0 Å². The molecule has 102 valence electrons. The van der Waals surface area contributed by atoms with Gasteiger partial charge >= 0.3 is 5.97 Å². The van der Waals surface area contributed by atoms with Crippen molar-refractivity contribution in [3.05, 3.63) is 0 Å². The predicted octanol–water partition coefficient (Wildman–Crippen LogP) is 1.76. The van der Waals surface area contributed by atoms with Gasteiger partial charge in [-0.25, -0.2) is 0 Å². The Morgan fingerprint density at radius 2 is 1.82 bits per heavy atom. The number of hydrogen-bond donors (Lipinski definition) is 1. The molecule has 0 aliphatic rings. The zero-order valence-corrected chi connectivity index (χ0v) is 11.9. The van der Waals surface area contributed by atoms with Crippen LogP contribution in [0.15, 0.2) is 0 Å². The molecule has 0 fully saturated rings. The monoisotopic (exact) mass is 244 g/mol. The first-order valence-electron chi connectivity index (χ1n) is 6.47. The van der Waals surface area contributed by atoms with Crippen LogP contribution in [0.3, 0.4) is 0 Å². The molecule has 4 heteroatoms. The summed E-state index contributed by atoms with van der Waals surface area (Å²) < 4.78 is 0. The lowest BCUT2D eigenvalue weighted by Gasteiger charge is -2.32. The highest BCUT2D eigenvalue weighted by Crippen LogP contribution is 2.11. The standard InChI is InChI=1S/C13H28N2O2/c1-6-12(9-13(16)17)15(10-11(2)3)8-7-14(4)5/h11-12H,6-10H2,1-5H3,(H,16,17). The van der Waals surface area contributed by atoms with Crippen molar-refractivity contribution in [2.75, 3.05) is 33.7 Å². The van der Waals surface area contributed by atoms with Gasteiger partial charge in [-0.2, -0.15) is 0 Å². The van der Waals surface area contributed by atoms with Crippen molar-refractivity contribution in [1.29, 1.82) is 0 Å². The second-order valence-electron chi connectivity index (χ2n) is 5.35. The van der Waals surface area contributed by atoms with Gasteiger partial charge in [0.2, 0.25) is 0 Å². The van der Waals surface area contributed by atoms with E-state index in [2.05, 4.69) is 30.6 Å². The maximum atomic E-state index is 10.9. The normalized spacial score (nSPS) is 13.6. The number of carboxylic acid groups (broad SMARTS) is 1. The van der Waals surface area contributed by atoms with Gasteiger partial charge in [0.25, 0.3) is 0 Å². The van der Waals surface area contributed by atoms with E-state index < -0.39 is 5.97 Å². The van der Waals surface area contributed by atoms with Crippen molar-refractivity contribution < 1.29 is 9.90 Å². The Balaban J connectivity index is 4.44. The summed E-state index contributed by atoms with van der Waals surface area (Å²) in [6.07, 6.45) is 1.14. The van der Waals surface area contributed by atoms with E-state index in [0.717, 1.165) is 26.1 Å². The van der Waals surface area contributed by atoms with Gasteiger partial charge in [0.05, 0.1) is 6.42 Å². The smallest absolute Gasteiger partial charge is 0.304 e. The van der Waals surface area contributed by atoms with E-state index in [4.69, 9.17) is 5.11 Å². The van der Waals surface area contributed by atoms with Crippen molar-refractivity contribution in [3.63, 3.8) is 0 Å². The highest BCUT2D eigenvalue weighted by Gasteiger charge is 2.20. The molecule has 0 aliphatic heterocycles. The Bertz CT molecular complexity index is 217. The number of hydrogen-bond acceptors (Lipinski definition) is 3. The van der Waals surface area contributed by atoms with Crippen molar-refractivity contribution in [3.8, 4) is 0 Å². The van der Waals surface area contributed by atoms with Gasteiger partial charge in [-0.3, -0.25) is 9.69 Å². The lowest BCUT2D eigenvalue weighted by Crippen LogP contribution is -2.42. The van der Waals surface area contributed by atoms with E-state index in [1.54, 1.807) is 0 Å². The number of nitrogens with zero attached hydrogens (tertiary/aromatic N) is 2. The molecule has 0 amide bonds. The molecule has 0 aliphatic carbocycles. The second-order valence-corrected chi connectivity index (χ2v) is 5.35. The lowest BCUT2D eigenvalue weighted by molar-refractivity contribution is -0.138. The zero-order chi connectivity index (χ0) is 13.4. The molecule has 0 rings (SSSR count). The first-order chi connectivity index (χ1) is 7.86. The molecule has 0 aromatic heterocycles. The number of rotatable bonds is 9. The van der Waals surface area contributed by atoms with E-state index in [9.17, 15) is 4.79 Å².